The highest BCUT2D eigenvalue weighted by molar-refractivity contribution is 5.83. The lowest BCUT2D eigenvalue weighted by Gasteiger charge is -2.18. The number of ether oxygens (including phenoxy) is 1. The van der Waals surface area contributed by atoms with Crippen molar-refractivity contribution in [1.29, 1.82) is 0 Å². The van der Waals surface area contributed by atoms with Crippen molar-refractivity contribution in [3.05, 3.63) is 59.7 Å². The first-order chi connectivity index (χ1) is 16.9. The van der Waals surface area contributed by atoms with Gasteiger partial charge in [0.2, 0.25) is 5.91 Å². The van der Waals surface area contributed by atoms with E-state index in [2.05, 4.69) is 34.9 Å². The average Bonchev–Trinajstić information content (AvgIpc) is 3.15. The van der Waals surface area contributed by atoms with Crippen molar-refractivity contribution in [3.8, 4) is 11.1 Å². The number of nitrogens with one attached hydrogen (secondary N) is 2. The second kappa shape index (κ2) is 12.9. The van der Waals surface area contributed by atoms with Crippen LogP contribution in [0.2, 0.25) is 0 Å². The maximum Gasteiger partial charge on any atom is 0.407 e. The number of fused-ring (bicyclic) bond motifs is 3. The second-order valence-corrected chi connectivity index (χ2v) is 9.14. The number of carbonyl (C=O) groups is 3. The molecule has 8 nitrogen and oxygen atoms in total. The van der Waals surface area contributed by atoms with Crippen LogP contribution in [-0.2, 0) is 14.3 Å². The van der Waals surface area contributed by atoms with Gasteiger partial charge in [-0.25, -0.2) is 9.59 Å². The number of carboxylic acids is 1. The summed E-state index contributed by atoms with van der Waals surface area (Å²) in [7, 11) is 3.53. The number of carbonyl (C=O) groups excluding carboxylic acids is 2. The lowest BCUT2D eigenvalue weighted by Crippen LogP contribution is -2.46. The maximum absolute atomic E-state index is 12.2. The Labute approximate surface area is 206 Å². The van der Waals surface area contributed by atoms with Crippen LogP contribution in [0.25, 0.3) is 11.1 Å². The molecule has 1 aliphatic rings. The van der Waals surface area contributed by atoms with E-state index in [0.29, 0.717) is 19.6 Å². The number of amides is 2. The summed E-state index contributed by atoms with van der Waals surface area (Å²) >= 11 is 0. The van der Waals surface area contributed by atoms with Crippen LogP contribution >= 0.6 is 0 Å². The van der Waals surface area contributed by atoms with E-state index in [1.165, 1.54) is 22.3 Å². The molecule has 35 heavy (non-hydrogen) atoms. The van der Waals surface area contributed by atoms with Crippen molar-refractivity contribution in [1.82, 2.24) is 15.5 Å². The van der Waals surface area contributed by atoms with Crippen molar-refractivity contribution in [2.45, 2.75) is 44.1 Å². The monoisotopic (exact) mass is 481 g/mol. The van der Waals surface area contributed by atoms with Gasteiger partial charge in [0.15, 0.2) is 0 Å². The van der Waals surface area contributed by atoms with Crippen LogP contribution < -0.4 is 10.6 Å². The standard InChI is InChI=1S/C27H35N3O5/c1-30(2)17-24(26(32)33)29-25(31)15-5-3-4-10-16-28-27(34)35-18-23-21-13-8-6-11-19(21)20-12-7-9-14-22(20)23/h6-9,11-14,23-24H,3-5,10,15-18H2,1-2H3,(H,28,34)(H,29,31)(H,32,33). The zero-order valence-electron chi connectivity index (χ0n) is 20.5. The molecule has 0 aromatic heterocycles. The summed E-state index contributed by atoms with van der Waals surface area (Å²) in [5.74, 6) is -1.25. The zero-order chi connectivity index (χ0) is 25.2. The summed E-state index contributed by atoms with van der Waals surface area (Å²) in [4.78, 5) is 37.1. The van der Waals surface area contributed by atoms with E-state index in [1.54, 1.807) is 19.0 Å². The Morgan fingerprint density at radius 2 is 1.54 bits per heavy atom. The molecule has 8 heteroatoms. The Morgan fingerprint density at radius 3 is 2.14 bits per heavy atom. The Hall–Kier alpha value is -3.39. The summed E-state index contributed by atoms with van der Waals surface area (Å²) in [6.45, 7) is 1.05. The van der Waals surface area contributed by atoms with E-state index in [9.17, 15) is 19.5 Å². The largest absolute Gasteiger partial charge is 0.480 e. The van der Waals surface area contributed by atoms with Crippen LogP contribution in [-0.4, -0.2) is 67.8 Å². The van der Waals surface area contributed by atoms with Crippen molar-refractivity contribution in [3.63, 3.8) is 0 Å². The Balaban J connectivity index is 1.29. The molecule has 0 saturated heterocycles. The van der Waals surface area contributed by atoms with Gasteiger partial charge in [-0.15, -0.1) is 0 Å². The number of hydrogen-bond donors (Lipinski definition) is 3. The van der Waals surface area contributed by atoms with Crippen molar-refractivity contribution < 1.29 is 24.2 Å². The van der Waals surface area contributed by atoms with Crippen LogP contribution in [0, 0.1) is 0 Å². The summed E-state index contributed by atoms with van der Waals surface area (Å²) < 4.78 is 5.53. The first-order valence-electron chi connectivity index (χ1n) is 12.1. The summed E-state index contributed by atoms with van der Waals surface area (Å²) in [6, 6.07) is 15.5. The quantitative estimate of drug-likeness (QED) is 0.377. The molecule has 2 amide bonds. The molecule has 0 fully saturated rings. The number of nitrogens with zero attached hydrogens (tertiary/aromatic N) is 1. The zero-order valence-corrected chi connectivity index (χ0v) is 20.5. The summed E-state index contributed by atoms with van der Waals surface area (Å²) in [5.41, 5.74) is 4.76. The van der Waals surface area contributed by atoms with Gasteiger partial charge in [-0.05, 0) is 49.2 Å². The molecule has 0 heterocycles. The number of unbranched alkanes of at least 4 members (excludes halogenated alkanes) is 3. The van der Waals surface area contributed by atoms with Gasteiger partial charge in [0.25, 0.3) is 0 Å². The molecule has 0 aliphatic heterocycles. The van der Waals surface area contributed by atoms with Gasteiger partial charge in [-0.1, -0.05) is 61.4 Å². The summed E-state index contributed by atoms with van der Waals surface area (Å²) in [5, 5.41) is 14.5. The molecule has 0 radical (unpaired) electrons. The third-order valence-corrected chi connectivity index (χ3v) is 6.12. The van der Waals surface area contributed by atoms with E-state index in [0.717, 1.165) is 19.3 Å². The van der Waals surface area contributed by atoms with Crippen LogP contribution in [0.4, 0.5) is 4.79 Å². The fraction of sp³-hybridized carbons (Fsp3) is 0.444. The van der Waals surface area contributed by atoms with Crippen molar-refractivity contribution in [2.75, 3.05) is 33.8 Å². The molecule has 3 rings (SSSR count). The minimum absolute atomic E-state index is 0.0396. The van der Waals surface area contributed by atoms with E-state index in [1.807, 2.05) is 24.3 Å². The van der Waals surface area contributed by atoms with Gasteiger partial charge in [-0.3, -0.25) is 4.79 Å². The first-order valence-corrected chi connectivity index (χ1v) is 12.1. The number of rotatable bonds is 13. The number of benzene rings is 2. The molecule has 1 atom stereocenters. The summed E-state index contributed by atoms with van der Waals surface area (Å²) in [6.07, 6.45) is 3.00. The lowest BCUT2D eigenvalue weighted by molar-refractivity contribution is -0.142. The maximum atomic E-state index is 12.2. The van der Waals surface area contributed by atoms with E-state index < -0.39 is 18.1 Å². The highest BCUT2D eigenvalue weighted by atomic mass is 16.5. The fourth-order valence-corrected chi connectivity index (χ4v) is 4.42. The van der Waals surface area contributed by atoms with Crippen LogP contribution in [0.3, 0.4) is 0 Å². The highest BCUT2D eigenvalue weighted by Crippen LogP contribution is 2.44. The molecule has 2 aromatic carbocycles. The second-order valence-electron chi connectivity index (χ2n) is 9.14. The third kappa shape index (κ3) is 7.55. The molecule has 0 saturated carbocycles. The topological polar surface area (TPSA) is 108 Å². The molecule has 0 bridgehead atoms. The highest BCUT2D eigenvalue weighted by Gasteiger charge is 2.29. The average molecular weight is 482 g/mol. The predicted molar refractivity (Wildman–Crippen MR) is 134 cm³/mol. The smallest absolute Gasteiger partial charge is 0.407 e. The molecule has 1 aliphatic carbocycles. The number of alkyl carbamates (subject to hydrolysis) is 1. The number of likely N-dealkylation sites (N-methyl/N-ethyl adjacent to an activating group) is 1. The SMILES string of the molecule is CN(C)CC(NC(=O)CCCCCCNC(=O)OCC1c2ccccc2-c2ccccc21)C(=O)O. The molecule has 1 unspecified atom stereocenters. The first kappa shape index (κ1) is 26.2. The van der Waals surface area contributed by atoms with Gasteiger partial charge in [0.1, 0.15) is 12.6 Å². The minimum atomic E-state index is -1.04. The molecular formula is C27H35N3O5. The van der Waals surface area contributed by atoms with Gasteiger partial charge < -0.3 is 25.4 Å². The normalized spacial score (nSPS) is 13.1. The number of aliphatic carboxylic acids is 1. The van der Waals surface area contributed by atoms with E-state index in [4.69, 9.17) is 4.74 Å². The van der Waals surface area contributed by atoms with Crippen molar-refractivity contribution >= 4 is 18.0 Å². The Bertz CT molecular complexity index is 978. The number of hydrogen-bond acceptors (Lipinski definition) is 5. The number of carboxylic acid groups (broad SMARTS) is 1. The molecule has 188 valence electrons. The molecule has 2 aromatic rings. The Kier molecular flexibility index (Phi) is 9.66. The minimum Gasteiger partial charge on any atom is -0.480 e. The Morgan fingerprint density at radius 1 is 0.943 bits per heavy atom. The molecule has 3 N–H and O–H groups in total. The van der Waals surface area contributed by atoms with Gasteiger partial charge >= 0.3 is 12.1 Å². The van der Waals surface area contributed by atoms with Gasteiger partial charge in [-0.2, -0.15) is 0 Å². The molecular weight excluding hydrogens is 446 g/mol. The van der Waals surface area contributed by atoms with Crippen LogP contribution in [0.1, 0.15) is 49.1 Å². The van der Waals surface area contributed by atoms with Crippen LogP contribution in [0.15, 0.2) is 48.5 Å². The molecule has 0 spiro atoms. The third-order valence-electron chi connectivity index (χ3n) is 6.12. The van der Waals surface area contributed by atoms with E-state index in [-0.39, 0.29) is 24.8 Å². The fourth-order valence-electron chi connectivity index (χ4n) is 4.42. The van der Waals surface area contributed by atoms with Gasteiger partial charge in [0.05, 0.1) is 0 Å². The lowest BCUT2D eigenvalue weighted by atomic mass is 9.98. The van der Waals surface area contributed by atoms with Gasteiger partial charge in [0, 0.05) is 25.4 Å². The van der Waals surface area contributed by atoms with E-state index >= 15 is 0 Å². The predicted octanol–water partition coefficient (Wildman–Crippen LogP) is 3.61. The van der Waals surface area contributed by atoms with Crippen molar-refractivity contribution in [2.24, 2.45) is 0 Å². The van der Waals surface area contributed by atoms with Crippen LogP contribution in [0.5, 0.6) is 0 Å².